The number of hydrogen-bond donors (Lipinski definition) is 2. The predicted octanol–water partition coefficient (Wildman–Crippen LogP) is 2.32. The van der Waals surface area contributed by atoms with Gasteiger partial charge in [-0.2, -0.15) is 0 Å². The van der Waals surface area contributed by atoms with E-state index in [2.05, 4.69) is 5.32 Å². The van der Waals surface area contributed by atoms with Crippen LogP contribution in [0.2, 0.25) is 0 Å². The van der Waals surface area contributed by atoms with E-state index in [4.69, 9.17) is 5.11 Å². The number of rotatable bonds is 6. The monoisotopic (exact) mass is 282 g/mol. The molecule has 20 heavy (non-hydrogen) atoms. The van der Waals surface area contributed by atoms with Crippen LogP contribution in [0.3, 0.4) is 0 Å². The molecule has 5 heteroatoms. The number of carbonyl (C=O) groups excluding carboxylic acids is 1. The molecule has 1 heterocycles. The van der Waals surface area contributed by atoms with Crippen LogP contribution in [-0.2, 0) is 4.79 Å². The zero-order valence-corrected chi connectivity index (χ0v) is 12.3. The molecule has 2 atom stereocenters. The van der Waals surface area contributed by atoms with Crippen molar-refractivity contribution >= 4 is 12.0 Å². The van der Waals surface area contributed by atoms with Gasteiger partial charge in [-0.15, -0.1) is 0 Å². The van der Waals surface area contributed by atoms with Crippen LogP contribution in [0.4, 0.5) is 4.79 Å². The summed E-state index contributed by atoms with van der Waals surface area (Å²) in [5.74, 6) is 0.534. The van der Waals surface area contributed by atoms with Crippen LogP contribution >= 0.6 is 0 Å². The Kier molecular flexibility index (Phi) is 5.26. The highest BCUT2D eigenvalue weighted by Gasteiger charge is 2.28. The van der Waals surface area contributed by atoms with Crippen molar-refractivity contribution < 1.29 is 14.7 Å². The first-order valence-electron chi connectivity index (χ1n) is 7.81. The lowest BCUT2D eigenvalue weighted by atomic mass is 9.85. The number of aliphatic carboxylic acids is 1. The number of amides is 2. The Balaban J connectivity index is 1.73. The van der Waals surface area contributed by atoms with Crippen molar-refractivity contribution in [2.24, 2.45) is 17.8 Å². The second kappa shape index (κ2) is 6.95. The third-order valence-corrected chi connectivity index (χ3v) is 4.57. The van der Waals surface area contributed by atoms with Gasteiger partial charge in [0, 0.05) is 26.1 Å². The molecule has 1 aliphatic heterocycles. The Morgan fingerprint density at radius 2 is 2.10 bits per heavy atom. The van der Waals surface area contributed by atoms with Gasteiger partial charge in [0.2, 0.25) is 0 Å². The molecule has 2 aliphatic rings. The molecular formula is C15H26N2O3. The molecule has 1 aliphatic carbocycles. The molecule has 2 unspecified atom stereocenters. The second-order valence-electron chi connectivity index (χ2n) is 6.39. The normalized spacial score (nSPS) is 24.2. The van der Waals surface area contributed by atoms with Gasteiger partial charge in [-0.3, -0.25) is 4.79 Å². The first kappa shape index (κ1) is 15.1. The highest BCUT2D eigenvalue weighted by Crippen LogP contribution is 2.31. The topological polar surface area (TPSA) is 69.6 Å². The highest BCUT2D eigenvalue weighted by molar-refractivity contribution is 5.74. The molecule has 0 aromatic carbocycles. The molecule has 0 aromatic rings. The van der Waals surface area contributed by atoms with Gasteiger partial charge in [0.1, 0.15) is 0 Å². The highest BCUT2D eigenvalue weighted by atomic mass is 16.4. The van der Waals surface area contributed by atoms with Gasteiger partial charge in [-0.25, -0.2) is 4.79 Å². The van der Waals surface area contributed by atoms with Crippen LogP contribution < -0.4 is 5.32 Å². The summed E-state index contributed by atoms with van der Waals surface area (Å²) in [6.45, 7) is 4.25. The summed E-state index contributed by atoms with van der Waals surface area (Å²) in [6, 6.07) is 0.0258. The Bertz CT molecular complexity index is 355. The molecule has 0 spiro atoms. The minimum Gasteiger partial charge on any atom is -0.481 e. The molecule has 2 fully saturated rings. The first-order chi connectivity index (χ1) is 9.56. The molecule has 0 aromatic heterocycles. The van der Waals surface area contributed by atoms with Gasteiger partial charge in [0.25, 0.3) is 0 Å². The zero-order valence-electron chi connectivity index (χ0n) is 12.3. The van der Waals surface area contributed by atoms with Gasteiger partial charge in [-0.1, -0.05) is 19.8 Å². The fraction of sp³-hybridized carbons (Fsp3) is 0.867. The van der Waals surface area contributed by atoms with Crippen LogP contribution in [0.1, 0.15) is 45.4 Å². The lowest BCUT2D eigenvalue weighted by Crippen LogP contribution is -2.47. The first-order valence-corrected chi connectivity index (χ1v) is 7.81. The third kappa shape index (κ3) is 4.69. The van der Waals surface area contributed by atoms with E-state index < -0.39 is 5.97 Å². The van der Waals surface area contributed by atoms with Crippen molar-refractivity contribution in [1.82, 2.24) is 10.2 Å². The van der Waals surface area contributed by atoms with Crippen molar-refractivity contribution in [1.29, 1.82) is 0 Å². The Labute approximate surface area is 120 Å². The largest absolute Gasteiger partial charge is 0.481 e. The summed E-state index contributed by atoms with van der Waals surface area (Å²) in [6.07, 6.45) is 5.92. The lowest BCUT2D eigenvalue weighted by molar-refractivity contribution is -0.138. The van der Waals surface area contributed by atoms with E-state index in [0.29, 0.717) is 12.5 Å². The molecule has 0 radical (unpaired) electrons. The van der Waals surface area contributed by atoms with Crippen LogP contribution in [0.5, 0.6) is 0 Å². The van der Waals surface area contributed by atoms with Gasteiger partial charge in [0.15, 0.2) is 0 Å². The number of hydrogen-bond acceptors (Lipinski definition) is 2. The SMILES string of the molecule is CC(CC(=O)O)C1CCCN(C(=O)NCCC2CC2)C1. The second-order valence-corrected chi connectivity index (χ2v) is 6.39. The fourth-order valence-corrected chi connectivity index (χ4v) is 3.00. The molecule has 1 saturated carbocycles. The molecule has 1 saturated heterocycles. The smallest absolute Gasteiger partial charge is 0.317 e. The number of carboxylic acids is 1. The number of nitrogens with one attached hydrogen (secondary N) is 1. The standard InChI is InChI=1S/C15H26N2O3/c1-11(9-14(18)19)13-3-2-8-17(10-13)15(20)16-7-6-12-4-5-12/h11-13H,2-10H2,1H3,(H,16,20)(H,18,19). The van der Waals surface area contributed by atoms with Crippen molar-refractivity contribution in [2.75, 3.05) is 19.6 Å². The number of urea groups is 1. The number of piperidine rings is 1. The van der Waals surface area contributed by atoms with Gasteiger partial charge in [-0.05, 0) is 37.0 Å². The Morgan fingerprint density at radius 1 is 1.35 bits per heavy atom. The van der Waals surface area contributed by atoms with Crippen LogP contribution in [0.15, 0.2) is 0 Å². The lowest BCUT2D eigenvalue weighted by Gasteiger charge is -2.35. The summed E-state index contributed by atoms with van der Waals surface area (Å²) in [7, 11) is 0. The molecule has 2 N–H and O–H groups in total. The predicted molar refractivity (Wildman–Crippen MR) is 76.5 cm³/mol. The number of carbonyl (C=O) groups is 2. The van der Waals surface area contributed by atoms with Crippen molar-refractivity contribution in [3.63, 3.8) is 0 Å². The summed E-state index contributed by atoms with van der Waals surface area (Å²) in [5.41, 5.74) is 0. The van der Waals surface area contributed by atoms with Crippen molar-refractivity contribution in [3.8, 4) is 0 Å². The average molecular weight is 282 g/mol. The van der Waals surface area contributed by atoms with E-state index in [1.807, 2.05) is 11.8 Å². The summed E-state index contributed by atoms with van der Waals surface area (Å²) in [4.78, 5) is 24.7. The van der Waals surface area contributed by atoms with Crippen LogP contribution in [0.25, 0.3) is 0 Å². The zero-order chi connectivity index (χ0) is 14.5. The molecule has 0 bridgehead atoms. The number of nitrogens with zero attached hydrogens (tertiary/aromatic N) is 1. The van der Waals surface area contributed by atoms with E-state index in [9.17, 15) is 9.59 Å². The molecular weight excluding hydrogens is 256 g/mol. The molecule has 114 valence electrons. The van der Waals surface area contributed by atoms with Gasteiger partial charge < -0.3 is 15.3 Å². The Morgan fingerprint density at radius 3 is 2.75 bits per heavy atom. The third-order valence-electron chi connectivity index (χ3n) is 4.57. The van der Waals surface area contributed by atoms with Crippen molar-refractivity contribution in [3.05, 3.63) is 0 Å². The van der Waals surface area contributed by atoms with Crippen molar-refractivity contribution in [2.45, 2.75) is 45.4 Å². The van der Waals surface area contributed by atoms with Gasteiger partial charge >= 0.3 is 12.0 Å². The molecule has 2 amide bonds. The van der Waals surface area contributed by atoms with E-state index in [1.54, 1.807) is 0 Å². The van der Waals surface area contributed by atoms with Crippen LogP contribution in [0, 0.1) is 17.8 Å². The summed E-state index contributed by atoms with van der Waals surface area (Å²) < 4.78 is 0. The summed E-state index contributed by atoms with van der Waals surface area (Å²) in [5, 5.41) is 11.9. The quantitative estimate of drug-likeness (QED) is 0.785. The van der Waals surface area contributed by atoms with Gasteiger partial charge in [0.05, 0.1) is 0 Å². The minimum absolute atomic E-state index is 0.0258. The van der Waals surface area contributed by atoms with E-state index in [-0.39, 0.29) is 18.4 Å². The minimum atomic E-state index is -0.747. The average Bonchev–Trinajstić information content (AvgIpc) is 3.22. The maximum atomic E-state index is 12.1. The maximum absolute atomic E-state index is 12.1. The molecule has 2 rings (SSSR count). The Hall–Kier alpha value is -1.26. The van der Waals surface area contributed by atoms with E-state index >= 15 is 0 Å². The number of carboxylic acid groups (broad SMARTS) is 1. The van der Waals surface area contributed by atoms with E-state index in [1.165, 1.54) is 12.8 Å². The maximum Gasteiger partial charge on any atom is 0.317 e. The fourth-order valence-electron chi connectivity index (χ4n) is 3.00. The summed E-state index contributed by atoms with van der Waals surface area (Å²) >= 11 is 0. The number of likely N-dealkylation sites (tertiary alicyclic amines) is 1. The van der Waals surface area contributed by atoms with Crippen LogP contribution in [-0.4, -0.2) is 41.6 Å². The molecule has 5 nitrogen and oxygen atoms in total. The van der Waals surface area contributed by atoms with E-state index in [0.717, 1.165) is 38.3 Å².